The Morgan fingerprint density at radius 3 is 2.39 bits per heavy atom. The molecular weight excluding hydrogens is 402 g/mol. The van der Waals surface area contributed by atoms with Gasteiger partial charge in [-0.1, -0.05) is 78.9 Å². The molecule has 0 saturated heterocycles. The second-order valence-electron chi connectivity index (χ2n) is 7.20. The number of thiazole rings is 1. The molecule has 0 radical (unpaired) electrons. The van der Waals surface area contributed by atoms with Crippen molar-refractivity contribution in [3.05, 3.63) is 113 Å². The third-order valence-corrected chi connectivity index (χ3v) is 5.85. The van der Waals surface area contributed by atoms with E-state index in [0.717, 1.165) is 39.0 Å². The molecule has 5 nitrogen and oxygen atoms in total. The molecule has 1 aromatic heterocycles. The highest BCUT2D eigenvalue weighted by Gasteiger charge is 2.31. The lowest BCUT2D eigenvalue weighted by Gasteiger charge is -2.35. The van der Waals surface area contributed by atoms with E-state index in [-0.39, 0.29) is 6.17 Å². The maximum absolute atomic E-state index is 4.98. The van der Waals surface area contributed by atoms with Crippen LogP contribution in [0.2, 0.25) is 0 Å². The lowest BCUT2D eigenvalue weighted by atomic mass is 10.1. The van der Waals surface area contributed by atoms with Crippen LogP contribution >= 0.6 is 11.3 Å². The smallest absolute Gasteiger partial charge is 0.184 e. The Morgan fingerprint density at radius 1 is 0.935 bits per heavy atom. The normalized spacial score (nSPS) is 15.6. The van der Waals surface area contributed by atoms with Gasteiger partial charge in [-0.3, -0.25) is 0 Å². The molecule has 0 aliphatic carbocycles. The van der Waals surface area contributed by atoms with Gasteiger partial charge in [-0.25, -0.2) is 15.0 Å². The number of hydrazone groups is 1. The SMILES string of the molecule is Cc1csc(NC2c3ccccc3N=C(c3ccccc3)N2/N=C/c2ccccc2)n1. The minimum absolute atomic E-state index is 0.241. The van der Waals surface area contributed by atoms with Gasteiger partial charge in [0, 0.05) is 16.5 Å². The average molecular weight is 424 g/mol. The molecule has 3 aromatic carbocycles. The number of rotatable bonds is 5. The van der Waals surface area contributed by atoms with Crippen LogP contribution in [0.15, 0.2) is 100 Å². The van der Waals surface area contributed by atoms with E-state index in [1.807, 2.05) is 90.3 Å². The monoisotopic (exact) mass is 423 g/mol. The summed E-state index contributed by atoms with van der Waals surface area (Å²) in [5.74, 6) is 0.789. The molecule has 152 valence electrons. The second kappa shape index (κ2) is 8.53. The van der Waals surface area contributed by atoms with Gasteiger partial charge in [-0.2, -0.15) is 5.10 Å². The van der Waals surface area contributed by atoms with Gasteiger partial charge in [0.05, 0.1) is 17.6 Å². The number of nitrogens with zero attached hydrogens (tertiary/aromatic N) is 4. The average Bonchev–Trinajstić information content (AvgIpc) is 3.24. The number of hydrogen-bond acceptors (Lipinski definition) is 6. The van der Waals surface area contributed by atoms with E-state index >= 15 is 0 Å². The van der Waals surface area contributed by atoms with Crippen molar-refractivity contribution < 1.29 is 0 Å². The lowest BCUT2D eigenvalue weighted by molar-refractivity contribution is 0.360. The summed E-state index contributed by atoms with van der Waals surface area (Å²) in [4.78, 5) is 9.60. The molecule has 5 rings (SSSR count). The predicted octanol–water partition coefficient (Wildman–Crippen LogP) is 5.99. The third-order valence-electron chi connectivity index (χ3n) is 4.96. The predicted molar refractivity (Wildman–Crippen MR) is 128 cm³/mol. The van der Waals surface area contributed by atoms with Crippen LogP contribution in [-0.2, 0) is 0 Å². The number of anilines is 1. The van der Waals surface area contributed by atoms with E-state index in [1.54, 1.807) is 11.3 Å². The van der Waals surface area contributed by atoms with Gasteiger partial charge >= 0.3 is 0 Å². The van der Waals surface area contributed by atoms with Crippen molar-refractivity contribution >= 4 is 34.2 Å². The number of hydrogen-bond donors (Lipinski definition) is 1. The van der Waals surface area contributed by atoms with Gasteiger partial charge in [-0.15, -0.1) is 11.3 Å². The van der Waals surface area contributed by atoms with Crippen LogP contribution in [0.25, 0.3) is 0 Å². The highest BCUT2D eigenvalue weighted by Crippen LogP contribution is 2.37. The molecule has 4 aromatic rings. The molecule has 0 bridgehead atoms. The van der Waals surface area contributed by atoms with Crippen molar-refractivity contribution in [3.63, 3.8) is 0 Å². The molecule has 1 aliphatic rings. The standard InChI is InChI=1S/C25H21N5S/c1-18-17-31-25(27-18)29-24-21-14-8-9-15-22(21)28-23(20-12-6-3-7-13-20)30(24)26-16-19-10-4-2-5-11-19/h2-17,24H,1H3,(H,27,29)/b26-16+. The number of aliphatic imine (C=N–C) groups is 1. The summed E-state index contributed by atoms with van der Waals surface area (Å²) < 4.78 is 0. The van der Waals surface area contributed by atoms with Gasteiger partial charge in [-0.05, 0) is 18.6 Å². The fourth-order valence-corrected chi connectivity index (χ4v) is 4.20. The zero-order valence-corrected chi connectivity index (χ0v) is 17.8. The van der Waals surface area contributed by atoms with Crippen molar-refractivity contribution in [2.24, 2.45) is 10.1 Å². The molecule has 0 amide bonds. The second-order valence-corrected chi connectivity index (χ2v) is 8.06. The van der Waals surface area contributed by atoms with E-state index in [2.05, 4.69) is 28.5 Å². The summed E-state index contributed by atoms with van der Waals surface area (Å²) >= 11 is 1.59. The number of aryl methyl sites for hydroxylation is 1. The Balaban J connectivity index is 1.63. The first kappa shape index (κ1) is 19.2. The molecule has 2 heterocycles. The molecule has 1 unspecified atom stereocenters. The zero-order chi connectivity index (χ0) is 21.0. The van der Waals surface area contributed by atoms with E-state index in [0.29, 0.717) is 0 Å². The Labute approximate surface area is 185 Å². The minimum atomic E-state index is -0.241. The number of nitrogens with one attached hydrogen (secondary N) is 1. The summed E-state index contributed by atoms with van der Waals surface area (Å²) in [6.45, 7) is 2.00. The Kier molecular flexibility index (Phi) is 5.29. The minimum Gasteiger partial charge on any atom is -0.336 e. The topological polar surface area (TPSA) is 52.9 Å². The Hall–Kier alpha value is -3.77. The molecule has 1 atom stereocenters. The van der Waals surface area contributed by atoms with Crippen LogP contribution in [0.5, 0.6) is 0 Å². The lowest BCUT2D eigenvalue weighted by Crippen LogP contribution is -2.38. The summed E-state index contributed by atoms with van der Waals surface area (Å²) in [7, 11) is 0. The first-order chi connectivity index (χ1) is 15.3. The largest absolute Gasteiger partial charge is 0.336 e. The van der Waals surface area contributed by atoms with Crippen molar-refractivity contribution in [1.29, 1.82) is 0 Å². The first-order valence-electron chi connectivity index (χ1n) is 10.1. The molecule has 0 saturated carbocycles. The third kappa shape index (κ3) is 4.11. The van der Waals surface area contributed by atoms with Crippen molar-refractivity contribution in [2.75, 3.05) is 5.32 Å². The van der Waals surface area contributed by atoms with Crippen LogP contribution in [-0.4, -0.2) is 22.0 Å². The van der Waals surface area contributed by atoms with Crippen molar-refractivity contribution in [2.45, 2.75) is 13.1 Å². The maximum atomic E-state index is 4.98. The number of fused-ring (bicyclic) bond motifs is 1. The summed E-state index contributed by atoms with van der Waals surface area (Å²) in [5.41, 5.74) is 5.01. The van der Waals surface area contributed by atoms with Crippen molar-refractivity contribution in [3.8, 4) is 0 Å². The van der Waals surface area contributed by atoms with E-state index in [9.17, 15) is 0 Å². The summed E-state index contributed by atoms with van der Waals surface area (Å²) in [6.07, 6.45) is 1.63. The van der Waals surface area contributed by atoms with Crippen LogP contribution < -0.4 is 5.32 Å². The number of amidine groups is 1. The number of benzene rings is 3. The molecule has 1 N–H and O–H groups in total. The highest BCUT2D eigenvalue weighted by atomic mass is 32.1. The van der Waals surface area contributed by atoms with Gasteiger partial charge in [0.15, 0.2) is 17.1 Å². The van der Waals surface area contributed by atoms with Crippen LogP contribution in [0.3, 0.4) is 0 Å². The Morgan fingerprint density at radius 2 is 1.65 bits per heavy atom. The van der Waals surface area contributed by atoms with Gasteiger partial charge < -0.3 is 5.32 Å². The number of para-hydroxylation sites is 1. The van der Waals surface area contributed by atoms with E-state index in [1.165, 1.54) is 0 Å². The molecular formula is C25H21N5S. The van der Waals surface area contributed by atoms with Gasteiger partial charge in [0.2, 0.25) is 0 Å². The quantitative estimate of drug-likeness (QED) is 0.401. The molecule has 6 heteroatoms. The summed E-state index contributed by atoms with van der Waals surface area (Å²) in [6, 6.07) is 28.4. The fraction of sp³-hybridized carbons (Fsp3) is 0.0800. The number of aromatic nitrogens is 1. The maximum Gasteiger partial charge on any atom is 0.184 e. The van der Waals surface area contributed by atoms with Crippen LogP contribution in [0, 0.1) is 6.92 Å². The van der Waals surface area contributed by atoms with Crippen molar-refractivity contribution in [1.82, 2.24) is 9.99 Å². The first-order valence-corrected chi connectivity index (χ1v) is 11.0. The van der Waals surface area contributed by atoms with Gasteiger partial charge in [0.1, 0.15) is 0 Å². The van der Waals surface area contributed by atoms with E-state index in [4.69, 9.17) is 10.1 Å². The molecule has 1 aliphatic heterocycles. The Bertz CT molecular complexity index is 1230. The van der Waals surface area contributed by atoms with Crippen LogP contribution in [0.1, 0.15) is 28.6 Å². The zero-order valence-electron chi connectivity index (χ0n) is 17.0. The fourth-order valence-electron chi connectivity index (χ4n) is 3.49. The highest BCUT2D eigenvalue weighted by molar-refractivity contribution is 7.13. The van der Waals surface area contributed by atoms with Crippen LogP contribution in [0.4, 0.5) is 10.8 Å². The summed E-state index contributed by atoms with van der Waals surface area (Å²) in [5, 5.41) is 13.3. The molecule has 0 spiro atoms. The molecule has 0 fully saturated rings. The molecule has 31 heavy (non-hydrogen) atoms. The van der Waals surface area contributed by atoms with Gasteiger partial charge in [0.25, 0.3) is 0 Å². The van der Waals surface area contributed by atoms with E-state index < -0.39 is 0 Å².